The van der Waals surface area contributed by atoms with E-state index in [2.05, 4.69) is 11.1 Å². The number of quaternary nitrogens is 1. The van der Waals surface area contributed by atoms with E-state index in [1.54, 1.807) is 6.07 Å². The van der Waals surface area contributed by atoms with E-state index >= 15 is 0 Å². The number of hydrogen-bond donors (Lipinski definition) is 2. The van der Waals surface area contributed by atoms with Crippen molar-refractivity contribution in [3.63, 3.8) is 0 Å². The van der Waals surface area contributed by atoms with E-state index in [-0.39, 0.29) is 18.7 Å². The SMILES string of the molecule is [NH3+]C1CNC(=O)c2cc3c(cc21)OCO3. The van der Waals surface area contributed by atoms with Gasteiger partial charge in [0.2, 0.25) is 6.79 Å². The Kier molecular flexibility index (Phi) is 1.63. The molecular formula is C10H11N2O3+. The maximum Gasteiger partial charge on any atom is 0.252 e. The van der Waals surface area contributed by atoms with Crippen LogP contribution in [-0.4, -0.2) is 19.2 Å². The van der Waals surface area contributed by atoms with Crippen LogP contribution >= 0.6 is 0 Å². The summed E-state index contributed by atoms with van der Waals surface area (Å²) in [6.07, 6.45) is 0. The third kappa shape index (κ3) is 1.16. The van der Waals surface area contributed by atoms with Crippen LogP contribution in [0.1, 0.15) is 22.0 Å². The number of benzene rings is 1. The second-order valence-electron chi connectivity index (χ2n) is 3.70. The number of carbonyl (C=O) groups is 1. The van der Waals surface area contributed by atoms with Gasteiger partial charge in [0.05, 0.1) is 12.1 Å². The average molecular weight is 207 g/mol. The Morgan fingerprint density at radius 1 is 1.33 bits per heavy atom. The molecule has 1 aromatic rings. The zero-order chi connectivity index (χ0) is 10.4. The summed E-state index contributed by atoms with van der Waals surface area (Å²) in [5.74, 6) is 1.28. The van der Waals surface area contributed by atoms with E-state index in [0.717, 1.165) is 5.56 Å². The van der Waals surface area contributed by atoms with Crippen molar-refractivity contribution < 1.29 is 20.0 Å². The highest BCUT2D eigenvalue weighted by Gasteiger charge is 2.29. The van der Waals surface area contributed by atoms with Gasteiger partial charge in [0.15, 0.2) is 11.5 Å². The van der Waals surface area contributed by atoms with Crippen molar-refractivity contribution in [3.05, 3.63) is 23.3 Å². The van der Waals surface area contributed by atoms with Gasteiger partial charge >= 0.3 is 0 Å². The lowest BCUT2D eigenvalue weighted by molar-refractivity contribution is -0.424. The maximum atomic E-state index is 11.6. The van der Waals surface area contributed by atoms with Crippen LogP contribution in [-0.2, 0) is 0 Å². The molecule has 1 atom stereocenters. The van der Waals surface area contributed by atoms with Gasteiger partial charge in [-0.1, -0.05) is 0 Å². The second-order valence-corrected chi connectivity index (χ2v) is 3.70. The van der Waals surface area contributed by atoms with Crippen molar-refractivity contribution in [1.29, 1.82) is 0 Å². The van der Waals surface area contributed by atoms with Crippen molar-refractivity contribution in [2.45, 2.75) is 6.04 Å². The molecule has 1 unspecified atom stereocenters. The molecule has 1 aromatic carbocycles. The van der Waals surface area contributed by atoms with Crippen LogP contribution in [0.5, 0.6) is 11.5 Å². The number of hydrogen-bond acceptors (Lipinski definition) is 3. The molecule has 3 rings (SSSR count). The van der Waals surface area contributed by atoms with Crippen LogP contribution in [0.25, 0.3) is 0 Å². The first-order chi connectivity index (χ1) is 7.25. The minimum atomic E-state index is -0.0665. The lowest BCUT2D eigenvalue weighted by Crippen LogP contribution is -2.60. The van der Waals surface area contributed by atoms with Gasteiger partial charge in [-0.25, -0.2) is 0 Å². The van der Waals surface area contributed by atoms with Crippen molar-refractivity contribution in [2.75, 3.05) is 13.3 Å². The highest BCUT2D eigenvalue weighted by molar-refractivity contribution is 5.97. The highest BCUT2D eigenvalue weighted by Crippen LogP contribution is 2.36. The average Bonchev–Trinajstić information content (AvgIpc) is 2.69. The van der Waals surface area contributed by atoms with Crippen molar-refractivity contribution in [1.82, 2.24) is 5.32 Å². The Morgan fingerprint density at radius 3 is 2.87 bits per heavy atom. The Labute approximate surface area is 86.2 Å². The normalized spacial score (nSPS) is 22.2. The highest BCUT2D eigenvalue weighted by atomic mass is 16.7. The molecule has 5 nitrogen and oxygen atoms in total. The summed E-state index contributed by atoms with van der Waals surface area (Å²) < 4.78 is 10.5. The fourth-order valence-corrected chi connectivity index (χ4v) is 1.91. The van der Waals surface area contributed by atoms with Crippen molar-refractivity contribution in [2.24, 2.45) is 0 Å². The second kappa shape index (κ2) is 2.87. The molecule has 2 aliphatic heterocycles. The van der Waals surface area contributed by atoms with Gasteiger partial charge in [0.1, 0.15) is 6.04 Å². The smallest absolute Gasteiger partial charge is 0.252 e. The van der Waals surface area contributed by atoms with Gasteiger partial charge in [-0.05, 0) is 12.1 Å². The zero-order valence-corrected chi connectivity index (χ0v) is 8.08. The molecule has 15 heavy (non-hydrogen) atoms. The van der Waals surface area contributed by atoms with Gasteiger partial charge in [0.25, 0.3) is 5.91 Å². The monoisotopic (exact) mass is 207 g/mol. The summed E-state index contributed by atoms with van der Waals surface area (Å²) in [5.41, 5.74) is 5.56. The summed E-state index contributed by atoms with van der Waals surface area (Å²) in [5, 5.41) is 2.78. The van der Waals surface area contributed by atoms with Gasteiger partial charge in [0, 0.05) is 5.56 Å². The largest absolute Gasteiger partial charge is 0.454 e. The molecule has 1 amide bonds. The quantitative estimate of drug-likeness (QED) is 0.599. The van der Waals surface area contributed by atoms with Gasteiger partial charge < -0.3 is 20.5 Å². The Morgan fingerprint density at radius 2 is 2.07 bits per heavy atom. The molecular weight excluding hydrogens is 196 g/mol. The molecule has 78 valence electrons. The summed E-state index contributed by atoms with van der Waals surface area (Å²) in [4.78, 5) is 11.6. The molecule has 0 spiro atoms. The lowest BCUT2D eigenvalue weighted by atomic mass is 9.96. The number of rotatable bonds is 0. The molecule has 0 saturated carbocycles. The van der Waals surface area contributed by atoms with Crippen LogP contribution in [0.15, 0.2) is 12.1 Å². The first kappa shape index (κ1) is 8.55. The Balaban J connectivity index is 2.19. The number of carbonyl (C=O) groups excluding carboxylic acids is 1. The fraction of sp³-hybridized carbons (Fsp3) is 0.300. The van der Waals surface area contributed by atoms with Gasteiger partial charge in [-0.2, -0.15) is 0 Å². The van der Waals surface area contributed by atoms with E-state index in [1.807, 2.05) is 6.07 Å². The first-order valence-corrected chi connectivity index (χ1v) is 4.80. The van der Waals surface area contributed by atoms with E-state index in [4.69, 9.17) is 9.47 Å². The molecule has 0 aliphatic carbocycles. The van der Waals surface area contributed by atoms with E-state index in [1.165, 1.54) is 0 Å². The minimum absolute atomic E-state index is 0.0665. The van der Waals surface area contributed by atoms with Crippen LogP contribution in [0.3, 0.4) is 0 Å². The van der Waals surface area contributed by atoms with Crippen molar-refractivity contribution >= 4 is 5.91 Å². The van der Waals surface area contributed by atoms with E-state index < -0.39 is 0 Å². The molecule has 5 heteroatoms. The molecule has 4 N–H and O–H groups in total. The number of fused-ring (bicyclic) bond motifs is 2. The zero-order valence-electron chi connectivity index (χ0n) is 8.08. The van der Waals surface area contributed by atoms with Crippen molar-refractivity contribution in [3.8, 4) is 11.5 Å². The van der Waals surface area contributed by atoms with Gasteiger partial charge in [-0.3, -0.25) is 4.79 Å². The topological polar surface area (TPSA) is 75.2 Å². The molecule has 0 radical (unpaired) electrons. The predicted octanol–water partition coefficient (Wildman–Crippen LogP) is -0.558. The van der Waals surface area contributed by atoms with Crippen LogP contribution in [0.2, 0.25) is 0 Å². The number of ether oxygens (including phenoxy) is 2. The van der Waals surface area contributed by atoms with Crippen LogP contribution in [0, 0.1) is 0 Å². The van der Waals surface area contributed by atoms with Crippen LogP contribution in [0.4, 0.5) is 0 Å². The summed E-state index contributed by atoms with van der Waals surface area (Å²) in [6, 6.07) is 3.66. The molecule has 0 saturated heterocycles. The molecule has 0 aromatic heterocycles. The lowest BCUT2D eigenvalue weighted by Gasteiger charge is -2.20. The molecule has 2 aliphatic rings. The molecule has 0 fully saturated rings. The first-order valence-electron chi connectivity index (χ1n) is 4.80. The van der Waals surface area contributed by atoms with Gasteiger partial charge in [-0.15, -0.1) is 0 Å². The number of nitrogens with one attached hydrogen (secondary N) is 1. The summed E-state index contributed by atoms with van der Waals surface area (Å²) in [7, 11) is 0. The standard InChI is InChI=1S/C10H10N2O3/c11-7-3-12-10(13)6-2-9-8(1-5(6)7)14-4-15-9/h1-2,7H,3-4,11H2,(H,12,13)/p+1. The third-order valence-electron chi connectivity index (χ3n) is 2.74. The Hall–Kier alpha value is -1.75. The summed E-state index contributed by atoms with van der Waals surface area (Å²) in [6.45, 7) is 0.799. The molecule has 2 heterocycles. The fourth-order valence-electron chi connectivity index (χ4n) is 1.91. The number of amides is 1. The predicted molar refractivity (Wildman–Crippen MR) is 50.5 cm³/mol. The van der Waals surface area contributed by atoms with Crippen LogP contribution < -0.4 is 20.5 Å². The van der Waals surface area contributed by atoms with E-state index in [9.17, 15) is 4.79 Å². The molecule has 0 bridgehead atoms. The summed E-state index contributed by atoms with van der Waals surface area (Å²) >= 11 is 0. The maximum absolute atomic E-state index is 11.6. The Bertz CT molecular complexity index is 445. The third-order valence-corrected chi connectivity index (χ3v) is 2.74. The van der Waals surface area contributed by atoms with E-state index in [0.29, 0.717) is 23.6 Å². The minimum Gasteiger partial charge on any atom is -0.454 e.